The number of nitrogens with zero attached hydrogens (tertiary/aromatic N) is 3. The van der Waals surface area contributed by atoms with Crippen LogP contribution in [0.25, 0.3) is 0 Å². The molecule has 0 aliphatic heterocycles. The first kappa shape index (κ1) is 10.7. The molecule has 4 nitrogen and oxygen atoms in total. The smallest absolute Gasteiger partial charge is 0.227 e. The van der Waals surface area contributed by atoms with Crippen LogP contribution < -0.4 is 0 Å². The molecule has 76 valence electrons. The van der Waals surface area contributed by atoms with E-state index in [1.54, 1.807) is 0 Å². The Kier molecular flexibility index (Phi) is 2.90. The normalized spacial score (nSPS) is 13.6. The maximum Gasteiger partial charge on any atom is 0.227 e. The average molecular weight is 193 g/mol. The number of hydrogen-bond donors (Lipinski definition) is 0. The van der Waals surface area contributed by atoms with Crippen LogP contribution in [0.2, 0.25) is 0 Å². The molecule has 0 aliphatic carbocycles. The lowest BCUT2D eigenvalue weighted by Crippen LogP contribution is -2.13. The van der Waals surface area contributed by atoms with Gasteiger partial charge in [-0.25, -0.2) is 0 Å². The van der Waals surface area contributed by atoms with Gasteiger partial charge in [0.15, 0.2) is 5.82 Å². The monoisotopic (exact) mass is 193 g/mol. The van der Waals surface area contributed by atoms with Gasteiger partial charge in [-0.05, 0) is 6.92 Å². The molecule has 0 N–H and O–H groups in total. The second kappa shape index (κ2) is 3.79. The van der Waals surface area contributed by atoms with E-state index in [0.717, 1.165) is 0 Å². The Bertz CT molecular complexity index is 343. The van der Waals surface area contributed by atoms with E-state index in [1.165, 1.54) is 0 Å². The van der Waals surface area contributed by atoms with Crippen LogP contribution >= 0.6 is 0 Å². The Labute approximate surface area is 83.9 Å². The standard InChI is InChI=1S/C10H15N3O/c1-7(6-11)5-8-12-9(13-14-8)10(2,3)4/h7H,5H2,1-4H3. The zero-order valence-electron chi connectivity index (χ0n) is 9.03. The fourth-order valence-electron chi connectivity index (χ4n) is 0.950. The Balaban J connectivity index is 2.75. The van der Waals surface area contributed by atoms with Gasteiger partial charge in [0.25, 0.3) is 0 Å². The largest absolute Gasteiger partial charge is 0.339 e. The zero-order chi connectivity index (χ0) is 10.8. The lowest BCUT2D eigenvalue weighted by atomic mass is 9.96. The molecular formula is C10H15N3O. The van der Waals surface area contributed by atoms with Crippen molar-refractivity contribution in [2.75, 3.05) is 0 Å². The van der Waals surface area contributed by atoms with Gasteiger partial charge >= 0.3 is 0 Å². The van der Waals surface area contributed by atoms with E-state index in [-0.39, 0.29) is 11.3 Å². The molecular weight excluding hydrogens is 178 g/mol. The molecule has 0 bridgehead atoms. The summed E-state index contributed by atoms with van der Waals surface area (Å²) in [5.41, 5.74) is -0.0996. The molecule has 4 heteroatoms. The summed E-state index contributed by atoms with van der Waals surface area (Å²) in [5, 5.41) is 12.5. The zero-order valence-corrected chi connectivity index (χ0v) is 9.03. The SMILES string of the molecule is CC(C#N)Cc1nc(C(C)(C)C)no1. The van der Waals surface area contributed by atoms with Crippen LogP contribution in [0.4, 0.5) is 0 Å². The predicted molar refractivity (Wildman–Crippen MR) is 51.5 cm³/mol. The maximum atomic E-state index is 8.62. The fraction of sp³-hybridized carbons (Fsp3) is 0.700. The van der Waals surface area contributed by atoms with E-state index in [4.69, 9.17) is 9.78 Å². The highest BCUT2D eigenvalue weighted by Gasteiger charge is 2.21. The molecule has 1 rings (SSSR count). The van der Waals surface area contributed by atoms with Gasteiger partial charge < -0.3 is 4.52 Å². The van der Waals surface area contributed by atoms with Crippen molar-refractivity contribution in [3.8, 4) is 6.07 Å². The molecule has 0 amide bonds. The molecule has 0 saturated carbocycles. The van der Waals surface area contributed by atoms with Gasteiger partial charge in [0.05, 0.1) is 12.0 Å². The van der Waals surface area contributed by atoms with E-state index in [2.05, 4.69) is 16.2 Å². The molecule has 0 radical (unpaired) electrons. The Morgan fingerprint density at radius 2 is 2.14 bits per heavy atom. The minimum Gasteiger partial charge on any atom is -0.339 e. The van der Waals surface area contributed by atoms with Gasteiger partial charge in [-0.3, -0.25) is 0 Å². The average Bonchev–Trinajstić information content (AvgIpc) is 2.51. The minimum atomic E-state index is -0.0996. The fourth-order valence-corrected chi connectivity index (χ4v) is 0.950. The van der Waals surface area contributed by atoms with Crippen molar-refractivity contribution in [3.63, 3.8) is 0 Å². The van der Waals surface area contributed by atoms with Crippen LogP contribution in [0.5, 0.6) is 0 Å². The van der Waals surface area contributed by atoms with Crippen LogP contribution in [0.1, 0.15) is 39.4 Å². The Hall–Kier alpha value is -1.37. The van der Waals surface area contributed by atoms with Gasteiger partial charge in [-0.15, -0.1) is 0 Å². The number of hydrogen-bond acceptors (Lipinski definition) is 4. The molecule has 1 atom stereocenters. The summed E-state index contributed by atoms with van der Waals surface area (Å²) in [7, 11) is 0. The summed E-state index contributed by atoms with van der Waals surface area (Å²) >= 11 is 0. The van der Waals surface area contributed by atoms with Crippen molar-refractivity contribution in [2.24, 2.45) is 5.92 Å². The van der Waals surface area contributed by atoms with Crippen LogP contribution in [0.15, 0.2) is 4.52 Å². The first-order chi connectivity index (χ1) is 6.43. The second-order valence-corrected chi connectivity index (χ2v) is 4.50. The van der Waals surface area contributed by atoms with E-state index in [1.807, 2.05) is 27.7 Å². The molecule has 1 aromatic heterocycles. The highest BCUT2D eigenvalue weighted by atomic mass is 16.5. The van der Waals surface area contributed by atoms with Gasteiger partial charge in [0, 0.05) is 11.8 Å². The second-order valence-electron chi connectivity index (χ2n) is 4.50. The van der Waals surface area contributed by atoms with Crippen molar-refractivity contribution in [3.05, 3.63) is 11.7 Å². The highest BCUT2D eigenvalue weighted by molar-refractivity contribution is 5.01. The van der Waals surface area contributed by atoms with Crippen molar-refractivity contribution in [1.82, 2.24) is 10.1 Å². The van der Waals surface area contributed by atoms with Crippen LogP contribution in [0.3, 0.4) is 0 Å². The van der Waals surface area contributed by atoms with E-state index >= 15 is 0 Å². The first-order valence-corrected chi connectivity index (χ1v) is 4.66. The summed E-state index contributed by atoms with van der Waals surface area (Å²) < 4.78 is 5.05. The van der Waals surface area contributed by atoms with Gasteiger partial charge in [0.1, 0.15) is 0 Å². The predicted octanol–water partition coefficient (Wildman–Crippen LogP) is 2.07. The van der Waals surface area contributed by atoms with Gasteiger partial charge in [-0.2, -0.15) is 10.2 Å². The first-order valence-electron chi connectivity index (χ1n) is 4.66. The van der Waals surface area contributed by atoms with Crippen LogP contribution in [0, 0.1) is 17.2 Å². The Morgan fingerprint density at radius 3 is 2.57 bits per heavy atom. The minimum absolute atomic E-state index is 0.0803. The van der Waals surface area contributed by atoms with Gasteiger partial charge in [-0.1, -0.05) is 25.9 Å². The lowest BCUT2D eigenvalue weighted by Gasteiger charge is -2.10. The summed E-state index contributed by atoms with van der Waals surface area (Å²) in [4.78, 5) is 4.24. The number of nitriles is 1. The topological polar surface area (TPSA) is 62.7 Å². The van der Waals surface area contributed by atoms with E-state index in [9.17, 15) is 0 Å². The maximum absolute atomic E-state index is 8.62. The molecule has 14 heavy (non-hydrogen) atoms. The summed E-state index contributed by atoms with van der Waals surface area (Å²) in [6.45, 7) is 7.90. The molecule has 1 aromatic rings. The third-order valence-corrected chi connectivity index (χ3v) is 1.84. The van der Waals surface area contributed by atoms with Gasteiger partial charge in [0.2, 0.25) is 5.89 Å². The quantitative estimate of drug-likeness (QED) is 0.721. The third kappa shape index (κ3) is 2.56. The van der Waals surface area contributed by atoms with Crippen molar-refractivity contribution in [1.29, 1.82) is 5.26 Å². The Morgan fingerprint density at radius 1 is 1.50 bits per heavy atom. The van der Waals surface area contributed by atoms with Crippen LogP contribution in [-0.2, 0) is 11.8 Å². The molecule has 0 fully saturated rings. The summed E-state index contributed by atoms with van der Waals surface area (Å²) in [5.74, 6) is 1.16. The molecule has 0 aromatic carbocycles. The molecule has 1 heterocycles. The molecule has 0 aliphatic rings. The van der Waals surface area contributed by atoms with Crippen molar-refractivity contribution in [2.45, 2.75) is 39.5 Å². The van der Waals surface area contributed by atoms with E-state index in [0.29, 0.717) is 18.1 Å². The summed E-state index contributed by atoms with van der Waals surface area (Å²) in [6.07, 6.45) is 0.527. The molecule has 0 saturated heterocycles. The highest BCUT2D eigenvalue weighted by Crippen LogP contribution is 2.19. The van der Waals surface area contributed by atoms with Crippen LogP contribution in [-0.4, -0.2) is 10.1 Å². The molecule has 1 unspecified atom stereocenters. The van der Waals surface area contributed by atoms with Crippen molar-refractivity contribution >= 4 is 0 Å². The summed E-state index contributed by atoms with van der Waals surface area (Å²) in [6, 6.07) is 2.13. The number of aromatic nitrogens is 2. The molecule has 0 spiro atoms. The van der Waals surface area contributed by atoms with Crippen molar-refractivity contribution < 1.29 is 4.52 Å². The lowest BCUT2D eigenvalue weighted by molar-refractivity contribution is 0.356. The van der Waals surface area contributed by atoms with E-state index < -0.39 is 0 Å². The number of rotatable bonds is 2. The third-order valence-electron chi connectivity index (χ3n) is 1.84.